The van der Waals surface area contributed by atoms with Crippen LogP contribution in [-0.2, 0) is 10.0 Å². The van der Waals surface area contributed by atoms with E-state index in [2.05, 4.69) is 9.97 Å². The molecule has 0 atom stereocenters. The maximum Gasteiger partial charge on any atom is 0.246 e. The summed E-state index contributed by atoms with van der Waals surface area (Å²) in [6.07, 6.45) is 3.29. The van der Waals surface area contributed by atoms with Crippen molar-refractivity contribution in [3.63, 3.8) is 0 Å². The highest BCUT2D eigenvalue weighted by Gasteiger charge is 2.30. The lowest BCUT2D eigenvalue weighted by Gasteiger charge is -2.33. The first kappa shape index (κ1) is 14.9. The van der Waals surface area contributed by atoms with E-state index in [4.69, 9.17) is 0 Å². The van der Waals surface area contributed by atoms with E-state index in [1.54, 1.807) is 18.5 Å². The van der Waals surface area contributed by atoms with Crippen LogP contribution in [0.3, 0.4) is 0 Å². The Bertz CT molecular complexity index is 746. The zero-order chi connectivity index (χ0) is 15.6. The number of hydrogen-bond donors (Lipinski definition) is 0. The van der Waals surface area contributed by atoms with Crippen LogP contribution in [0.5, 0.6) is 0 Å². The maximum atomic E-state index is 13.7. The van der Waals surface area contributed by atoms with Gasteiger partial charge in [-0.25, -0.2) is 22.8 Å². The van der Waals surface area contributed by atoms with Gasteiger partial charge in [0.1, 0.15) is 10.7 Å². The van der Waals surface area contributed by atoms with Gasteiger partial charge in [0, 0.05) is 38.6 Å². The fourth-order valence-electron chi connectivity index (χ4n) is 2.38. The lowest BCUT2D eigenvalue weighted by atomic mass is 10.3. The van der Waals surface area contributed by atoms with E-state index in [1.165, 1.54) is 22.5 Å². The Labute approximate surface area is 128 Å². The molecule has 3 rings (SSSR count). The first-order chi connectivity index (χ1) is 10.6. The van der Waals surface area contributed by atoms with Gasteiger partial charge in [0.05, 0.1) is 0 Å². The summed E-state index contributed by atoms with van der Waals surface area (Å²) in [7, 11) is -3.81. The molecule has 1 saturated heterocycles. The van der Waals surface area contributed by atoms with Crippen molar-refractivity contribution in [2.24, 2.45) is 0 Å². The van der Waals surface area contributed by atoms with Crippen LogP contribution in [0.1, 0.15) is 0 Å². The first-order valence-electron chi connectivity index (χ1n) is 6.86. The average molecular weight is 322 g/mol. The van der Waals surface area contributed by atoms with Crippen LogP contribution in [0.4, 0.5) is 10.3 Å². The number of rotatable bonds is 3. The molecule has 8 heteroatoms. The van der Waals surface area contributed by atoms with Gasteiger partial charge in [-0.15, -0.1) is 0 Å². The second-order valence-corrected chi connectivity index (χ2v) is 6.78. The average Bonchev–Trinajstić information content (AvgIpc) is 2.56. The van der Waals surface area contributed by atoms with Gasteiger partial charge in [-0.3, -0.25) is 0 Å². The van der Waals surface area contributed by atoms with E-state index < -0.39 is 15.8 Å². The zero-order valence-corrected chi connectivity index (χ0v) is 12.6. The van der Waals surface area contributed by atoms with Crippen LogP contribution in [-0.4, -0.2) is 48.9 Å². The molecular formula is C14H15FN4O2S. The second-order valence-electron chi connectivity index (χ2n) is 4.87. The molecule has 0 amide bonds. The Kier molecular flexibility index (Phi) is 4.04. The predicted molar refractivity (Wildman–Crippen MR) is 79.4 cm³/mol. The lowest BCUT2D eigenvalue weighted by Crippen LogP contribution is -2.49. The fourth-order valence-corrected chi connectivity index (χ4v) is 3.86. The number of aromatic nitrogens is 2. The maximum absolute atomic E-state index is 13.7. The topological polar surface area (TPSA) is 66.4 Å². The standard InChI is InChI=1S/C14H15FN4O2S/c15-12-4-1-2-5-13(12)22(20,21)19-10-8-18(9-11-19)14-16-6-3-7-17-14/h1-7H,8-11H2. The largest absolute Gasteiger partial charge is 0.338 e. The summed E-state index contributed by atoms with van der Waals surface area (Å²) in [5.74, 6) is -0.151. The predicted octanol–water partition coefficient (Wildman–Crippen LogP) is 1.13. The van der Waals surface area contributed by atoms with Gasteiger partial charge in [-0.2, -0.15) is 4.31 Å². The summed E-state index contributed by atoms with van der Waals surface area (Å²) in [5, 5.41) is 0. The first-order valence-corrected chi connectivity index (χ1v) is 8.30. The smallest absolute Gasteiger partial charge is 0.246 e. The van der Waals surface area contributed by atoms with Crippen molar-refractivity contribution in [1.82, 2.24) is 14.3 Å². The third-order valence-electron chi connectivity index (χ3n) is 3.53. The summed E-state index contributed by atoms with van der Waals surface area (Å²) in [6.45, 7) is 1.49. The summed E-state index contributed by atoms with van der Waals surface area (Å²) in [6, 6.07) is 7.16. The van der Waals surface area contributed by atoms with Crippen molar-refractivity contribution in [3.05, 3.63) is 48.5 Å². The van der Waals surface area contributed by atoms with Crippen LogP contribution in [0, 0.1) is 5.82 Å². The lowest BCUT2D eigenvalue weighted by molar-refractivity contribution is 0.380. The molecule has 1 fully saturated rings. The summed E-state index contributed by atoms with van der Waals surface area (Å²) in [4.78, 5) is 9.93. The molecule has 0 radical (unpaired) electrons. The molecule has 2 aromatic rings. The van der Waals surface area contributed by atoms with Gasteiger partial charge >= 0.3 is 0 Å². The minimum Gasteiger partial charge on any atom is -0.338 e. The Hall–Kier alpha value is -2.06. The number of anilines is 1. The molecule has 2 heterocycles. The van der Waals surface area contributed by atoms with Gasteiger partial charge < -0.3 is 4.90 Å². The highest BCUT2D eigenvalue weighted by Crippen LogP contribution is 2.21. The van der Waals surface area contributed by atoms with Crippen LogP contribution in [0.2, 0.25) is 0 Å². The molecule has 0 aliphatic carbocycles. The number of nitrogens with zero attached hydrogens (tertiary/aromatic N) is 4. The number of halogens is 1. The molecule has 0 spiro atoms. The van der Waals surface area contributed by atoms with Gasteiger partial charge in [-0.1, -0.05) is 12.1 Å². The molecule has 1 aliphatic heterocycles. The van der Waals surface area contributed by atoms with Crippen molar-refractivity contribution in [3.8, 4) is 0 Å². The van der Waals surface area contributed by atoms with Crippen LogP contribution in [0.15, 0.2) is 47.6 Å². The molecule has 22 heavy (non-hydrogen) atoms. The van der Waals surface area contributed by atoms with E-state index >= 15 is 0 Å². The number of hydrogen-bond acceptors (Lipinski definition) is 5. The highest BCUT2D eigenvalue weighted by atomic mass is 32.2. The third kappa shape index (κ3) is 2.79. The Balaban J connectivity index is 1.75. The molecule has 0 N–H and O–H groups in total. The summed E-state index contributed by atoms with van der Waals surface area (Å²) in [5.41, 5.74) is 0. The van der Waals surface area contributed by atoms with Gasteiger partial charge in [0.25, 0.3) is 0 Å². The normalized spacial score (nSPS) is 16.7. The quantitative estimate of drug-likeness (QED) is 0.847. The number of piperazine rings is 1. The molecule has 0 bridgehead atoms. The fraction of sp³-hybridized carbons (Fsp3) is 0.286. The molecule has 0 unspecified atom stereocenters. The van der Waals surface area contributed by atoms with Gasteiger partial charge in [-0.05, 0) is 18.2 Å². The zero-order valence-electron chi connectivity index (χ0n) is 11.8. The van der Waals surface area contributed by atoms with E-state index in [0.29, 0.717) is 19.0 Å². The van der Waals surface area contributed by atoms with Crippen molar-refractivity contribution < 1.29 is 12.8 Å². The van der Waals surface area contributed by atoms with Crippen LogP contribution >= 0.6 is 0 Å². The minimum atomic E-state index is -3.81. The molecule has 6 nitrogen and oxygen atoms in total. The van der Waals surface area contributed by atoms with Gasteiger partial charge in [0.15, 0.2) is 0 Å². The minimum absolute atomic E-state index is 0.273. The van der Waals surface area contributed by atoms with E-state index in [1.807, 2.05) is 4.90 Å². The summed E-state index contributed by atoms with van der Waals surface area (Å²) >= 11 is 0. The molecule has 1 aromatic carbocycles. The van der Waals surface area contributed by atoms with Crippen molar-refractivity contribution in [2.75, 3.05) is 31.1 Å². The molecule has 1 aliphatic rings. The van der Waals surface area contributed by atoms with Gasteiger partial charge in [0.2, 0.25) is 16.0 Å². The van der Waals surface area contributed by atoms with E-state index in [0.717, 1.165) is 6.07 Å². The van der Waals surface area contributed by atoms with Crippen molar-refractivity contribution >= 4 is 16.0 Å². The van der Waals surface area contributed by atoms with E-state index in [9.17, 15) is 12.8 Å². The Morgan fingerprint density at radius 3 is 2.23 bits per heavy atom. The highest BCUT2D eigenvalue weighted by molar-refractivity contribution is 7.89. The van der Waals surface area contributed by atoms with Crippen molar-refractivity contribution in [2.45, 2.75) is 4.90 Å². The van der Waals surface area contributed by atoms with Crippen molar-refractivity contribution in [1.29, 1.82) is 0 Å². The second kappa shape index (κ2) is 5.98. The monoisotopic (exact) mass is 322 g/mol. The number of benzene rings is 1. The Morgan fingerprint density at radius 1 is 0.955 bits per heavy atom. The third-order valence-corrected chi connectivity index (χ3v) is 5.46. The van der Waals surface area contributed by atoms with E-state index in [-0.39, 0.29) is 18.0 Å². The molecule has 116 valence electrons. The Morgan fingerprint density at radius 2 is 1.59 bits per heavy atom. The SMILES string of the molecule is O=S(=O)(c1ccccc1F)N1CCN(c2ncccn2)CC1. The summed E-state index contributed by atoms with van der Waals surface area (Å²) < 4.78 is 40.0. The molecular weight excluding hydrogens is 307 g/mol. The number of sulfonamides is 1. The van der Waals surface area contributed by atoms with Crippen LogP contribution < -0.4 is 4.90 Å². The molecule has 0 saturated carbocycles. The molecule has 1 aromatic heterocycles. The van der Waals surface area contributed by atoms with Crippen LogP contribution in [0.25, 0.3) is 0 Å².